The largest absolute Gasteiger partial charge is 0.334 e. The Labute approximate surface area is 180 Å². The van der Waals surface area contributed by atoms with Gasteiger partial charge in [0.1, 0.15) is 0 Å². The summed E-state index contributed by atoms with van der Waals surface area (Å²) in [5.41, 5.74) is 0.969. The number of hydrogen-bond acceptors (Lipinski definition) is 2. The second kappa shape index (κ2) is 9.82. The zero-order valence-corrected chi connectivity index (χ0v) is 18.8. The van der Waals surface area contributed by atoms with Crippen LogP contribution >= 0.6 is 7.92 Å². The predicted octanol–water partition coefficient (Wildman–Crippen LogP) is 4.52. The Balaban J connectivity index is 2.28. The molecule has 1 amide bonds. The second-order valence-corrected chi connectivity index (χ2v) is 9.95. The lowest BCUT2D eigenvalue weighted by Gasteiger charge is -2.33. The Hall–Kier alpha value is -2.77. The van der Waals surface area contributed by atoms with Crippen molar-refractivity contribution in [3.05, 3.63) is 90.0 Å². The van der Waals surface area contributed by atoms with Crippen LogP contribution in [0, 0.1) is 0 Å². The average Bonchev–Trinajstić information content (AvgIpc) is 2.74. The van der Waals surface area contributed by atoms with E-state index in [9.17, 15) is 9.59 Å². The first-order valence-corrected chi connectivity index (χ1v) is 11.6. The normalized spacial score (nSPS) is 11.2. The van der Waals surface area contributed by atoms with Crippen molar-refractivity contribution in [3.8, 4) is 0 Å². The van der Waals surface area contributed by atoms with Crippen LogP contribution in [0.3, 0.4) is 0 Å². The molecule has 3 aromatic carbocycles. The third-order valence-electron chi connectivity index (χ3n) is 5.03. The number of hydrogen-bond donors (Lipinski definition) is 0. The Morgan fingerprint density at radius 1 is 0.767 bits per heavy atom. The van der Waals surface area contributed by atoms with Gasteiger partial charge in [-0.3, -0.25) is 9.59 Å². The van der Waals surface area contributed by atoms with Gasteiger partial charge in [-0.05, 0) is 51.5 Å². The molecule has 0 atom stereocenters. The maximum absolute atomic E-state index is 13.8. The zero-order valence-electron chi connectivity index (χ0n) is 17.9. The van der Waals surface area contributed by atoms with Crippen molar-refractivity contribution in [1.29, 1.82) is 0 Å². The van der Waals surface area contributed by atoms with Crippen LogP contribution in [-0.2, 0) is 0 Å². The first-order valence-electron chi connectivity index (χ1n) is 10.3. The van der Waals surface area contributed by atoms with E-state index >= 15 is 0 Å². The molecule has 0 spiro atoms. The summed E-state index contributed by atoms with van der Waals surface area (Å²) in [6.45, 7) is 8.05. The maximum Gasteiger partial charge on any atom is 0.255 e. The molecule has 0 N–H and O–H groups in total. The molecule has 3 aromatic rings. The molecule has 0 aliphatic carbocycles. The number of carbonyl (C=O) groups excluding carboxylic acids is 2. The highest BCUT2D eigenvalue weighted by Crippen LogP contribution is 2.35. The second-order valence-electron chi connectivity index (χ2n) is 7.77. The van der Waals surface area contributed by atoms with Gasteiger partial charge in [0, 0.05) is 17.6 Å². The number of rotatable bonds is 7. The fourth-order valence-corrected chi connectivity index (χ4v) is 6.33. The maximum atomic E-state index is 13.8. The van der Waals surface area contributed by atoms with Crippen molar-refractivity contribution < 1.29 is 9.59 Å². The number of amides is 1. The van der Waals surface area contributed by atoms with Gasteiger partial charge in [-0.2, -0.15) is 0 Å². The van der Waals surface area contributed by atoms with Gasteiger partial charge in [-0.1, -0.05) is 78.9 Å². The lowest BCUT2D eigenvalue weighted by molar-refractivity contribution is 0.0643. The van der Waals surface area contributed by atoms with E-state index in [4.69, 9.17) is 0 Å². The van der Waals surface area contributed by atoms with Crippen molar-refractivity contribution in [3.63, 3.8) is 0 Å². The van der Waals surface area contributed by atoms with Gasteiger partial charge in [-0.15, -0.1) is 0 Å². The van der Waals surface area contributed by atoms with Crippen LogP contribution in [0.15, 0.2) is 78.9 Å². The number of nitrogens with zero attached hydrogens (tertiary/aromatic N) is 1. The van der Waals surface area contributed by atoms with E-state index < -0.39 is 7.92 Å². The summed E-state index contributed by atoms with van der Waals surface area (Å²) in [5.74, 6) is -0.0861. The third-order valence-corrected chi connectivity index (χ3v) is 7.52. The van der Waals surface area contributed by atoms with Crippen molar-refractivity contribution >= 4 is 36.0 Å². The van der Waals surface area contributed by atoms with Gasteiger partial charge in [0.25, 0.3) is 5.91 Å². The Kier molecular flexibility index (Phi) is 7.18. The monoisotopic (exact) mass is 417 g/mol. The van der Waals surface area contributed by atoms with Gasteiger partial charge in [0.2, 0.25) is 0 Å². The van der Waals surface area contributed by atoms with Gasteiger partial charge in [0.05, 0.1) is 5.56 Å². The fraction of sp³-hybridized carbons (Fsp3) is 0.231. The Morgan fingerprint density at radius 3 is 1.70 bits per heavy atom. The molecular formula is C26H28NO2P. The molecule has 3 nitrogen and oxygen atoms in total. The fourth-order valence-electron chi connectivity index (χ4n) is 3.85. The van der Waals surface area contributed by atoms with E-state index in [-0.39, 0.29) is 18.0 Å². The summed E-state index contributed by atoms with van der Waals surface area (Å²) in [7, 11) is -0.991. The zero-order chi connectivity index (χ0) is 21.7. The predicted molar refractivity (Wildman–Crippen MR) is 127 cm³/mol. The van der Waals surface area contributed by atoms with E-state index in [0.717, 1.165) is 22.2 Å². The number of benzene rings is 3. The molecule has 154 valence electrons. The van der Waals surface area contributed by atoms with E-state index in [1.165, 1.54) is 0 Å². The SMILES string of the molecule is CC(C)N(C(=O)c1c(C=O)cccc1P(c1ccccc1)c1ccccc1)C(C)C. The van der Waals surface area contributed by atoms with Crippen molar-refractivity contribution in [1.82, 2.24) is 4.90 Å². The summed E-state index contributed by atoms with van der Waals surface area (Å²) >= 11 is 0. The summed E-state index contributed by atoms with van der Waals surface area (Å²) in [6, 6.07) is 26.2. The summed E-state index contributed by atoms with van der Waals surface area (Å²) in [5, 5.41) is 3.22. The van der Waals surface area contributed by atoms with Gasteiger partial charge >= 0.3 is 0 Å². The van der Waals surface area contributed by atoms with Crippen molar-refractivity contribution in [2.75, 3.05) is 0 Å². The minimum Gasteiger partial charge on any atom is -0.334 e. The smallest absolute Gasteiger partial charge is 0.255 e. The van der Waals surface area contributed by atoms with E-state index in [0.29, 0.717) is 11.1 Å². The van der Waals surface area contributed by atoms with Crippen LogP contribution in [0.1, 0.15) is 48.4 Å². The van der Waals surface area contributed by atoms with Crippen LogP contribution in [0.5, 0.6) is 0 Å². The summed E-state index contributed by atoms with van der Waals surface area (Å²) in [4.78, 5) is 27.6. The first-order chi connectivity index (χ1) is 14.5. The average molecular weight is 417 g/mol. The molecule has 0 radical (unpaired) electrons. The van der Waals surface area contributed by atoms with Crippen LogP contribution < -0.4 is 15.9 Å². The minimum absolute atomic E-state index is 0.0322. The molecule has 4 heteroatoms. The standard InChI is InChI=1S/C26H28NO2P/c1-19(2)27(20(3)4)26(29)25-21(18-28)12-11-17-24(25)30(22-13-7-5-8-14-22)23-15-9-6-10-16-23/h5-20H,1-4H3. The molecule has 3 rings (SSSR count). The molecule has 0 saturated heterocycles. The number of aldehydes is 1. The van der Waals surface area contributed by atoms with Crippen LogP contribution in [-0.4, -0.2) is 29.2 Å². The first kappa shape index (κ1) is 21.9. The van der Waals surface area contributed by atoms with E-state index in [1.54, 1.807) is 6.07 Å². The molecule has 0 aliphatic rings. The molecular weight excluding hydrogens is 389 g/mol. The molecule has 0 unspecified atom stereocenters. The Bertz CT molecular complexity index is 953. The third kappa shape index (κ3) is 4.52. The van der Waals surface area contributed by atoms with Gasteiger partial charge in [-0.25, -0.2) is 0 Å². The highest BCUT2D eigenvalue weighted by atomic mass is 31.1. The lowest BCUT2D eigenvalue weighted by Crippen LogP contribution is -2.44. The quantitative estimate of drug-likeness (QED) is 0.419. The molecule has 0 fully saturated rings. The summed E-state index contributed by atoms with van der Waals surface area (Å²) < 4.78 is 0. The molecule has 30 heavy (non-hydrogen) atoms. The van der Waals surface area contributed by atoms with E-state index in [2.05, 4.69) is 24.3 Å². The molecule has 0 heterocycles. The topological polar surface area (TPSA) is 37.4 Å². The lowest BCUT2D eigenvalue weighted by atomic mass is 10.1. The van der Waals surface area contributed by atoms with E-state index in [1.807, 2.05) is 81.1 Å². The van der Waals surface area contributed by atoms with Gasteiger partial charge < -0.3 is 4.90 Å². The molecule has 0 saturated carbocycles. The van der Waals surface area contributed by atoms with Crippen molar-refractivity contribution in [2.24, 2.45) is 0 Å². The van der Waals surface area contributed by atoms with Crippen LogP contribution in [0.4, 0.5) is 0 Å². The molecule has 0 aliphatic heterocycles. The summed E-state index contributed by atoms with van der Waals surface area (Å²) in [6.07, 6.45) is 0.805. The highest BCUT2D eigenvalue weighted by molar-refractivity contribution is 7.80. The number of carbonyl (C=O) groups is 2. The Morgan fingerprint density at radius 2 is 1.27 bits per heavy atom. The van der Waals surface area contributed by atoms with Gasteiger partial charge in [0.15, 0.2) is 6.29 Å². The van der Waals surface area contributed by atoms with Crippen LogP contribution in [0.2, 0.25) is 0 Å². The van der Waals surface area contributed by atoms with Crippen molar-refractivity contribution in [2.45, 2.75) is 39.8 Å². The molecule has 0 bridgehead atoms. The van der Waals surface area contributed by atoms with Crippen LogP contribution in [0.25, 0.3) is 0 Å². The highest BCUT2D eigenvalue weighted by Gasteiger charge is 2.29. The molecule has 0 aromatic heterocycles. The minimum atomic E-state index is -0.991.